The Kier molecular flexibility index (Phi) is 4.71. The number of anilines is 1. The molecule has 0 aliphatic carbocycles. The standard InChI is InChI=1S/C15H17N3O3/c1-3-17(11-12-4-7-14(21-2)8-5-12)15-9-6-13(10-16-15)18(19)20/h4-10H,3,11H2,1-2H3. The summed E-state index contributed by atoms with van der Waals surface area (Å²) in [5, 5.41) is 10.6. The summed E-state index contributed by atoms with van der Waals surface area (Å²) >= 11 is 0. The lowest BCUT2D eigenvalue weighted by molar-refractivity contribution is -0.385. The fourth-order valence-electron chi connectivity index (χ4n) is 1.98. The Morgan fingerprint density at radius 1 is 1.24 bits per heavy atom. The number of benzene rings is 1. The van der Waals surface area contributed by atoms with E-state index in [1.54, 1.807) is 13.2 Å². The summed E-state index contributed by atoms with van der Waals surface area (Å²) < 4.78 is 5.13. The van der Waals surface area contributed by atoms with Crippen molar-refractivity contribution in [1.29, 1.82) is 0 Å². The van der Waals surface area contributed by atoms with Crippen molar-refractivity contribution in [1.82, 2.24) is 4.98 Å². The van der Waals surface area contributed by atoms with Crippen LogP contribution in [0.25, 0.3) is 0 Å². The van der Waals surface area contributed by atoms with Crippen LogP contribution in [0.15, 0.2) is 42.6 Å². The third kappa shape index (κ3) is 3.68. The summed E-state index contributed by atoms with van der Waals surface area (Å²) in [6.45, 7) is 3.47. The highest BCUT2D eigenvalue weighted by Gasteiger charge is 2.10. The molecule has 0 aliphatic rings. The maximum Gasteiger partial charge on any atom is 0.287 e. The van der Waals surface area contributed by atoms with E-state index in [0.29, 0.717) is 6.54 Å². The Morgan fingerprint density at radius 2 is 1.95 bits per heavy atom. The van der Waals surface area contributed by atoms with Crippen LogP contribution < -0.4 is 9.64 Å². The van der Waals surface area contributed by atoms with Gasteiger partial charge in [-0.3, -0.25) is 10.1 Å². The number of nitrogens with zero attached hydrogens (tertiary/aromatic N) is 3. The zero-order valence-corrected chi connectivity index (χ0v) is 12.0. The first kappa shape index (κ1) is 14.8. The molecule has 1 heterocycles. The molecule has 0 bridgehead atoms. The van der Waals surface area contributed by atoms with E-state index in [2.05, 4.69) is 4.98 Å². The van der Waals surface area contributed by atoms with Gasteiger partial charge in [-0.15, -0.1) is 0 Å². The van der Waals surface area contributed by atoms with Gasteiger partial charge in [-0.25, -0.2) is 4.98 Å². The molecule has 0 aliphatic heterocycles. The summed E-state index contributed by atoms with van der Waals surface area (Å²) in [6.07, 6.45) is 1.28. The Labute approximate surface area is 123 Å². The predicted octanol–water partition coefficient (Wildman–Crippen LogP) is 3.02. The van der Waals surface area contributed by atoms with Crippen molar-refractivity contribution in [3.8, 4) is 5.75 Å². The Balaban J connectivity index is 2.13. The van der Waals surface area contributed by atoms with Crippen molar-refractivity contribution in [2.45, 2.75) is 13.5 Å². The van der Waals surface area contributed by atoms with Crippen LogP contribution in [0.3, 0.4) is 0 Å². The summed E-state index contributed by atoms with van der Waals surface area (Å²) in [7, 11) is 1.63. The normalized spacial score (nSPS) is 10.2. The smallest absolute Gasteiger partial charge is 0.287 e. The number of ether oxygens (including phenoxy) is 1. The van der Waals surface area contributed by atoms with E-state index in [9.17, 15) is 10.1 Å². The van der Waals surface area contributed by atoms with E-state index >= 15 is 0 Å². The molecule has 1 aromatic carbocycles. The van der Waals surface area contributed by atoms with Gasteiger partial charge in [0, 0.05) is 19.2 Å². The van der Waals surface area contributed by atoms with E-state index in [1.165, 1.54) is 12.3 Å². The van der Waals surface area contributed by atoms with Gasteiger partial charge in [-0.1, -0.05) is 12.1 Å². The van der Waals surface area contributed by atoms with E-state index in [4.69, 9.17) is 4.74 Å². The van der Waals surface area contributed by atoms with Crippen LogP contribution in [0.4, 0.5) is 11.5 Å². The van der Waals surface area contributed by atoms with E-state index in [0.717, 1.165) is 23.7 Å². The zero-order valence-electron chi connectivity index (χ0n) is 12.0. The number of hydrogen-bond acceptors (Lipinski definition) is 5. The lowest BCUT2D eigenvalue weighted by Gasteiger charge is -2.21. The number of hydrogen-bond donors (Lipinski definition) is 0. The van der Waals surface area contributed by atoms with Gasteiger partial charge in [0.25, 0.3) is 5.69 Å². The van der Waals surface area contributed by atoms with E-state index < -0.39 is 4.92 Å². The lowest BCUT2D eigenvalue weighted by atomic mass is 10.2. The van der Waals surface area contributed by atoms with Crippen LogP contribution in [0.1, 0.15) is 12.5 Å². The van der Waals surface area contributed by atoms with Crippen molar-refractivity contribution in [2.75, 3.05) is 18.6 Å². The van der Waals surface area contributed by atoms with Gasteiger partial charge in [0.1, 0.15) is 17.8 Å². The van der Waals surface area contributed by atoms with E-state index in [1.807, 2.05) is 36.1 Å². The molecule has 2 rings (SSSR count). The average Bonchev–Trinajstić information content (AvgIpc) is 2.53. The average molecular weight is 287 g/mol. The summed E-state index contributed by atoms with van der Waals surface area (Å²) in [5.41, 5.74) is 1.12. The maximum absolute atomic E-state index is 10.6. The summed E-state index contributed by atoms with van der Waals surface area (Å²) in [4.78, 5) is 16.4. The van der Waals surface area contributed by atoms with Crippen LogP contribution in [-0.4, -0.2) is 23.6 Å². The van der Waals surface area contributed by atoms with Crippen molar-refractivity contribution in [2.24, 2.45) is 0 Å². The van der Waals surface area contributed by atoms with Crippen molar-refractivity contribution < 1.29 is 9.66 Å². The first-order chi connectivity index (χ1) is 10.1. The topological polar surface area (TPSA) is 68.5 Å². The van der Waals surface area contributed by atoms with Crippen LogP contribution in [-0.2, 0) is 6.54 Å². The van der Waals surface area contributed by atoms with Gasteiger partial charge in [0.2, 0.25) is 0 Å². The molecule has 6 heteroatoms. The van der Waals surface area contributed by atoms with Gasteiger partial charge in [-0.2, -0.15) is 0 Å². The number of nitro groups is 1. The molecule has 0 amide bonds. The number of aromatic nitrogens is 1. The lowest BCUT2D eigenvalue weighted by Crippen LogP contribution is -2.22. The first-order valence-corrected chi connectivity index (χ1v) is 6.62. The number of pyridine rings is 1. The number of methoxy groups -OCH3 is 1. The minimum absolute atomic E-state index is 0.000694. The fourth-order valence-corrected chi connectivity index (χ4v) is 1.98. The summed E-state index contributed by atoms with van der Waals surface area (Å²) in [5.74, 6) is 1.54. The molecule has 0 unspecified atom stereocenters. The molecule has 110 valence electrons. The van der Waals surface area contributed by atoms with Gasteiger partial charge in [-0.05, 0) is 30.7 Å². The second-order valence-electron chi connectivity index (χ2n) is 4.49. The van der Waals surface area contributed by atoms with Crippen LogP contribution in [0.5, 0.6) is 5.75 Å². The third-order valence-electron chi connectivity index (χ3n) is 3.18. The monoisotopic (exact) mass is 287 g/mol. The molecule has 21 heavy (non-hydrogen) atoms. The van der Waals surface area contributed by atoms with Crippen molar-refractivity contribution in [3.63, 3.8) is 0 Å². The number of rotatable bonds is 6. The second kappa shape index (κ2) is 6.69. The van der Waals surface area contributed by atoms with Crippen LogP contribution in [0.2, 0.25) is 0 Å². The molecule has 0 spiro atoms. The van der Waals surface area contributed by atoms with E-state index in [-0.39, 0.29) is 5.69 Å². The highest BCUT2D eigenvalue weighted by molar-refractivity contribution is 5.43. The van der Waals surface area contributed by atoms with Crippen molar-refractivity contribution >= 4 is 11.5 Å². The molecule has 0 fully saturated rings. The van der Waals surface area contributed by atoms with Crippen LogP contribution in [0, 0.1) is 10.1 Å². The fraction of sp³-hybridized carbons (Fsp3) is 0.267. The molecule has 0 N–H and O–H groups in total. The largest absolute Gasteiger partial charge is 0.497 e. The summed E-state index contributed by atoms with van der Waals surface area (Å²) in [6, 6.07) is 10.9. The minimum Gasteiger partial charge on any atom is -0.497 e. The van der Waals surface area contributed by atoms with Crippen LogP contribution >= 0.6 is 0 Å². The Bertz CT molecular complexity index is 597. The molecule has 0 saturated heterocycles. The van der Waals surface area contributed by atoms with Gasteiger partial charge in [0.15, 0.2) is 0 Å². The van der Waals surface area contributed by atoms with Crippen molar-refractivity contribution in [3.05, 3.63) is 58.3 Å². The molecular weight excluding hydrogens is 270 g/mol. The molecule has 1 aromatic heterocycles. The van der Waals surface area contributed by atoms with Gasteiger partial charge in [0.05, 0.1) is 12.0 Å². The highest BCUT2D eigenvalue weighted by Crippen LogP contribution is 2.19. The Morgan fingerprint density at radius 3 is 2.43 bits per heavy atom. The molecule has 2 aromatic rings. The molecule has 0 atom stereocenters. The quantitative estimate of drug-likeness (QED) is 0.603. The SMILES string of the molecule is CCN(Cc1ccc(OC)cc1)c1ccc([N+](=O)[O-])cn1. The second-order valence-corrected chi connectivity index (χ2v) is 4.49. The molecular formula is C15H17N3O3. The zero-order chi connectivity index (χ0) is 15.2. The Hall–Kier alpha value is -2.63. The molecule has 0 saturated carbocycles. The van der Waals surface area contributed by atoms with Gasteiger partial charge < -0.3 is 9.64 Å². The third-order valence-corrected chi connectivity index (χ3v) is 3.18. The van der Waals surface area contributed by atoms with Gasteiger partial charge >= 0.3 is 0 Å². The molecule has 6 nitrogen and oxygen atoms in total. The maximum atomic E-state index is 10.6. The highest BCUT2D eigenvalue weighted by atomic mass is 16.6. The minimum atomic E-state index is -0.448. The predicted molar refractivity (Wildman–Crippen MR) is 80.6 cm³/mol. The molecule has 0 radical (unpaired) electrons. The first-order valence-electron chi connectivity index (χ1n) is 6.62.